The van der Waals surface area contributed by atoms with Crippen LogP contribution in [0.1, 0.15) is 25.0 Å². The summed E-state index contributed by atoms with van der Waals surface area (Å²) >= 11 is 0. The maximum atomic E-state index is 12.6. The summed E-state index contributed by atoms with van der Waals surface area (Å²) in [5.41, 5.74) is 3.39. The summed E-state index contributed by atoms with van der Waals surface area (Å²) in [6.45, 7) is 8.00. The molecule has 2 aromatic rings. The van der Waals surface area contributed by atoms with Gasteiger partial charge in [-0.15, -0.1) is 0 Å². The van der Waals surface area contributed by atoms with E-state index in [1.807, 2.05) is 6.07 Å². The van der Waals surface area contributed by atoms with Crippen LogP contribution >= 0.6 is 0 Å². The zero-order chi connectivity index (χ0) is 18.4. The Labute approximate surface area is 155 Å². The van der Waals surface area contributed by atoms with Crippen molar-refractivity contribution in [1.82, 2.24) is 14.9 Å². The van der Waals surface area contributed by atoms with E-state index in [-0.39, 0.29) is 5.91 Å². The number of carbonyl (C=O) groups excluding carboxylic acids is 1. The second kappa shape index (κ2) is 8.76. The summed E-state index contributed by atoms with van der Waals surface area (Å²) in [5.74, 6) is 0.825. The second-order valence-corrected chi connectivity index (χ2v) is 6.52. The molecule has 0 bridgehead atoms. The van der Waals surface area contributed by atoms with Gasteiger partial charge in [0.15, 0.2) is 0 Å². The number of aromatic nitrogens is 2. The average molecular weight is 353 g/mol. The maximum absolute atomic E-state index is 12.6. The zero-order valence-corrected chi connectivity index (χ0v) is 15.6. The molecule has 138 valence electrons. The SMILES string of the molecule is CCc1cccc(CC)c1NC(=O)CN1CCN(c2ncccn2)CC1. The van der Waals surface area contributed by atoms with Gasteiger partial charge in [-0.3, -0.25) is 9.69 Å². The fourth-order valence-electron chi connectivity index (χ4n) is 3.35. The van der Waals surface area contributed by atoms with Crippen LogP contribution in [0.2, 0.25) is 0 Å². The number of benzene rings is 1. The van der Waals surface area contributed by atoms with E-state index < -0.39 is 0 Å². The molecule has 6 nitrogen and oxygen atoms in total. The van der Waals surface area contributed by atoms with Crippen molar-refractivity contribution >= 4 is 17.5 Å². The van der Waals surface area contributed by atoms with E-state index in [0.717, 1.165) is 50.7 Å². The normalized spacial score (nSPS) is 15.1. The van der Waals surface area contributed by atoms with Crippen molar-refractivity contribution in [3.63, 3.8) is 0 Å². The Kier molecular flexibility index (Phi) is 6.17. The van der Waals surface area contributed by atoms with Gasteiger partial charge in [-0.2, -0.15) is 0 Å². The molecule has 0 aliphatic carbocycles. The molecule has 6 heteroatoms. The molecular weight excluding hydrogens is 326 g/mol. The van der Waals surface area contributed by atoms with Crippen LogP contribution in [0.5, 0.6) is 0 Å². The quantitative estimate of drug-likeness (QED) is 0.864. The Morgan fingerprint density at radius 3 is 2.19 bits per heavy atom. The van der Waals surface area contributed by atoms with E-state index in [4.69, 9.17) is 0 Å². The van der Waals surface area contributed by atoms with Gasteiger partial charge in [-0.25, -0.2) is 9.97 Å². The molecular formula is C20H27N5O. The van der Waals surface area contributed by atoms with Gasteiger partial charge in [0.2, 0.25) is 11.9 Å². The minimum atomic E-state index is 0.0602. The topological polar surface area (TPSA) is 61.4 Å². The first-order valence-electron chi connectivity index (χ1n) is 9.36. The van der Waals surface area contributed by atoms with Crippen LogP contribution in [-0.2, 0) is 17.6 Å². The summed E-state index contributed by atoms with van der Waals surface area (Å²) in [5, 5.41) is 3.15. The number of carbonyl (C=O) groups is 1. The van der Waals surface area contributed by atoms with E-state index in [9.17, 15) is 4.79 Å². The van der Waals surface area contributed by atoms with Crippen LogP contribution in [0.4, 0.5) is 11.6 Å². The van der Waals surface area contributed by atoms with E-state index >= 15 is 0 Å². The van der Waals surface area contributed by atoms with Crippen molar-refractivity contribution < 1.29 is 4.79 Å². The third kappa shape index (κ3) is 4.38. The predicted molar refractivity (Wildman–Crippen MR) is 105 cm³/mol. The highest BCUT2D eigenvalue weighted by Gasteiger charge is 2.21. The number of amides is 1. The minimum Gasteiger partial charge on any atom is -0.338 e. The molecule has 2 heterocycles. The van der Waals surface area contributed by atoms with Gasteiger partial charge in [-0.1, -0.05) is 32.0 Å². The number of nitrogens with zero attached hydrogens (tertiary/aromatic N) is 4. The molecule has 26 heavy (non-hydrogen) atoms. The van der Waals surface area contributed by atoms with Crippen LogP contribution in [-0.4, -0.2) is 53.5 Å². The first-order valence-corrected chi connectivity index (χ1v) is 9.36. The van der Waals surface area contributed by atoms with Crippen molar-refractivity contribution in [3.05, 3.63) is 47.8 Å². The first-order chi connectivity index (χ1) is 12.7. The van der Waals surface area contributed by atoms with E-state index in [1.54, 1.807) is 12.4 Å². The predicted octanol–water partition coefficient (Wildman–Crippen LogP) is 2.36. The fraction of sp³-hybridized carbons (Fsp3) is 0.450. The van der Waals surface area contributed by atoms with Crippen LogP contribution in [0.25, 0.3) is 0 Å². The standard InChI is InChI=1S/C20H27N5O/c1-3-16-7-5-8-17(4-2)19(16)23-18(26)15-24-11-13-25(14-12-24)20-21-9-6-10-22-20/h5-10H,3-4,11-15H2,1-2H3,(H,23,26). The Balaban J connectivity index is 1.55. The lowest BCUT2D eigenvalue weighted by molar-refractivity contribution is -0.117. The smallest absolute Gasteiger partial charge is 0.238 e. The zero-order valence-electron chi connectivity index (χ0n) is 15.6. The lowest BCUT2D eigenvalue weighted by Crippen LogP contribution is -2.49. The third-order valence-electron chi connectivity index (χ3n) is 4.84. The Bertz CT molecular complexity index is 704. The molecule has 0 unspecified atom stereocenters. The van der Waals surface area contributed by atoms with Gasteiger partial charge in [0.25, 0.3) is 0 Å². The largest absolute Gasteiger partial charge is 0.338 e. The maximum Gasteiger partial charge on any atom is 0.238 e. The molecule has 0 saturated carbocycles. The van der Waals surface area contributed by atoms with Crippen molar-refractivity contribution in [2.45, 2.75) is 26.7 Å². The third-order valence-corrected chi connectivity index (χ3v) is 4.84. The minimum absolute atomic E-state index is 0.0602. The van der Waals surface area contributed by atoms with Crippen molar-refractivity contribution in [3.8, 4) is 0 Å². The number of piperazine rings is 1. The molecule has 1 amide bonds. The van der Waals surface area contributed by atoms with Crippen LogP contribution in [0.15, 0.2) is 36.7 Å². The van der Waals surface area contributed by atoms with Gasteiger partial charge >= 0.3 is 0 Å². The highest BCUT2D eigenvalue weighted by molar-refractivity contribution is 5.93. The molecule has 0 atom stereocenters. The molecule has 3 rings (SSSR count). The number of nitrogens with one attached hydrogen (secondary N) is 1. The van der Waals surface area contributed by atoms with Crippen LogP contribution in [0.3, 0.4) is 0 Å². The van der Waals surface area contributed by atoms with Gasteiger partial charge in [-0.05, 0) is 30.0 Å². The average Bonchev–Trinajstić information content (AvgIpc) is 2.69. The van der Waals surface area contributed by atoms with E-state index in [0.29, 0.717) is 6.54 Å². The number of anilines is 2. The number of hydrogen-bond acceptors (Lipinski definition) is 5. The molecule has 1 aliphatic rings. The molecule has 1 fully saturated rings. The highest BCUT2D eigenvalue weighted by atomic mass is 16.2. The number of hydrogen-bond donors (Lipinski definition) is 1. The fourth-order valence-corrected chi connectivity index (χ4v) is 3.35. The Morgan fingerprint density at radius 1 is 1.00 bits per heavy atom. The monoisotopic (exact) mass is 353 g/mol. The van der Waals surface area contributed by atoms with Crippen molar-refractivity contribution in [2.24, 2.45) is 0 Å². The summed E-state index contributed by atoms with van der Waals surface area (Å²) < 4.78 is 0. The Morgan fingerprint density at radius 2 is 1.62 bits per heavy atom. The lowest BCUT2D eigenvalue weighted by Gasteiger charge is -2.34. The molecule has 1 N–H and O–H groups in total. The highest BCUT2D eigenvalue weighted by Crippen LogP contribution is 2.22. The van der Waals surface area contributed by atoms with Gasteiger partial charge in [0.05, 0.1) is 6.54 Å². The molecule has 0 spiro atoms. The van der Waals surface area contributed by atoms with Gasteiger partial charge in [0, 0.05) is 44.3 Å². The number of aryl methyl sites for hydroxylation is 2. The number of para-hydroxylation sites is 1. The van der Waals surface area contributed by atoms with Crippen LogP contribution in [0, 0.1) is 0 Å². The number of rotatable bonds is 6. The summed E-state index contributed by atoms with van der Waals surface area (Å²) in [6.07, 6.45) is 5.36. The molecule has 1 saturated heterocycles. The van der Waals surface area contributed by atoms with Gasteiger partial charge < -0.3 is 10.2 Å². The molecule has 1 aromatic carbocycles. The van der Waals surface area contributed by atoms with E-state index in [2.05, 4.69) is 57.1 Å². The van der Waals surface area contributed by atoms with Crippen molar-refractivity contribution in [1.29, 1.82) is 0 Å². The molecule has 1 aliphatic heterocycles. The lowest BCUT2D eigenvalue weighted by atomic mass is 10.0. The molecule has 0 radical (unpaired) electrons. The summed E-state index contributed by atoms with van der Waals surface area (Å²) in [6, 6.07) is 8.07. The molecule has 1 aromatic heterocycles. The summed E-state index contributed by atoms with van der Waals surface area (Å²) in [7, 11) is 0. The van der Waals surface area contributed by atoms with E-state index in [1.165, 1.54) is 11.1 Å². The Hall–Kier alpha value is -2.47. The first kappa shape index (κ1) is 18.3. The van der Waals surface area contributed by atoms with Crippen molar-refractivity contribution in [2.75, 3.05) is 42.9 Å². The second-order valence-electron chi connectivity index (χ2n) is 6.52. The van der Waals surface area contributed by atoms with Crippen LogP contribution < -0.4 is 10.2 Å². The summed E-state index contributed by atoms with van der Waals surface area (Å²) in [4.78, 5) is 25.5. The van der Waals surface area contributed by atoms with Gasteiger partial charge in [0.1, 0.15) is 0 Å².